The standard InChI is InChI=1S/C14H23N/c1-3-4-8-11-14(2,15)12-13-9-6-5-7-10-13/h5-7,9-10H,3-4,8,11-12,15H2,1-2H3. The molecule has 15 heavy (non-hydrogen) atoms. The fourth-order valence-corrected chi connectivity index (χ4v) is 1.93. The normalized spacial score (nSPS) is 14.9. The Morgan fingerprint density at radius 3 is 2.40 bits per heavy atom. The molecule has 2 N–H and O–H groups in total. The molecule has 0 heterocycles. The fraction of sp³-hybridized carbons (Fsp3) is 0.571. The highest BCUT2D eigenvalue weighted by Crippen LogP contribution is 2.17. The minimum Gasteiger partial charge on any atom is -0.325 e. The van der Waals surface area contributed by atoms with E-state index in [1.165, 1.54) is 24.8 Å². The Kier molecular flexibility index (Phi) is 4.83. The molecular formula is C14H23N. The van der Waals surface area contributed by atoms with E-state index in [2.05, 4.69) is 44.2 Å². The summed E-state index contributed by atoms with van der Waals surface area (Å²) >= 11 is 0. The summed E-state index contributed by atoms with van der Waals surface area (Å²) in [5, 5.41) is 0. The van der Waals surface area contributed by atoms with Crippen molar-refractivity contribution < 1.29 is 0 Å². The molecule has 0 bridgehead atoms. The molecule has 0 aliphatic carbocycles. The third-order valence-corrected chi connectivity index (χ3v) is 2.80. The van der Waals surface area contributed by atoms with Crippen molar-refractivity contribution in [1.82, 2.24) is 0 Å². The van der Waals surface area contributed by atoms with Gasteiger partial charge in [-0.2, -0.15) is 0 Å². The van der Waals surface area contributed by atoms with Gasteiger partial charge < -0.3 is 5.73 Å². The molecule has 84 valence electrons. The Morgan fingerprint density at radius 2 is 1.80 bits per heavy atom. The van der Waals surface area contributed by atoms with Crippen LogP contribution in [0, 0.1) is 0 Å². The average Bonchev–Trinajstić information content (AvgIpc) is 2.18. The smallest absolute Gasteiger partial charge is 0.0166 e. The van der Waals surface area contributed by atoms with E-state index in [0.717, 1.165) is 12.8 Å². The zero-order valence-corrected chi connectivity index (χ0v) is 10.00. The van der Waals surface area contributed by atoms with Crippen LogP contribution >= 0.6 is 0 Å². The second-order valence-electron chi connectivity index (χ2n) is 4.77. The fourth-order valence-electron chi connectivity index (χ4n) is 1.93. The first-order chi connectivity index (χ1) is 7.14. The van der Waals surface area contributed by atoms with E-state index in [9.17, 15) is 0 Å². The first kappa shape index (κ1) is 12.3. The highest BCUT2D eigenvalue weighted by molar-refractivity contribution is 5.17. The summed E-state index contributed by atoms with van der Waals surface area (Å²) in [6, 6.07) is 10.5. The molecule has 0 saturated heterocycles. The van der Waals surface area contributed by atoms with Gasteiger partial charge in [-0.05, 0) is 25.3 Å². The summed E-state index contributed by atoms with van der Waals surface area (Å²) in [7, 11) is 0. The number of hydrogen-bond donors (Lipinski definition) is 1. The maximum absolute atomic E-state index is 6.29. The van der Waals surface area contributed by atoms with Gasteiger partial charge in [0, 0.05) is 5.54 Å². The zero-order chi connectivity index (χ0) is 11.1. The van der Waals surface area contributed by atoms with E-state index in [-0.39, 0.29) is 5.54 Å². The third-order valence-electron chi connectivity index (χ3n) is 2.80. The first-order valence-electron chi connectivity index (χ1n) is 5.97. The molecule has 0 spiro atoms. The maximum atomic E-state index is 6.29. The number of benzene rings is 1. The van der Waals surface area contributed by atoms with Gasteiger partial charge in [0.2, 0.25) is 0 Å². The van der Waals surface area contributed by atoms with Crippen molar-refractivity contribution >= 4 is 0 Å². The SMILES string of the molecule is CCCCCC(C)(N)Cc1ccccc1. The van der Waals surface area contributed by atoms with Crippen LogP contribution in [0.5, 0.6) is 0 Å². The summed E-state index contributed by atoms with van der Waals surface area (Å²) < 4.78 is 0. The molecule has 1 atom stereocenters. The Labute approximate surface area is 93.7 Å². The van der Waals surface area contributed by atoms with Crippen molar-refractivity contribution in [1.29, 1.82) is 0 Å². The lowest BCUT2D eigenvalue weighted by atomic mass is 9.88. The minimum atomic E-state index is -0.0451. The summed E-state index contributed by atoms with van der Waals surface area (Å²) in [5.41, 5.74) is 7.59. The van der Waals surface area contributed by atoms with Crippen LogP contribution in [-0.4, -0.2) is 5.54 Å². The predicted molar refractivity (Wildman–Crippen MR) is 66.9 cm³/mol. The van der Waals surface area contributed by atoms with Gasteiger partial charge in [0.05, 0.1) is 0 Å². The van der Waals surface area contributed by atoms with E-state index in [4.69, 9.17) is 5.73 Å². The lowest BCUT2D eigenvalue weighted by molar-refractivity contribution is 0.408. The van der Waals surface area contributed by atoms with Gasteiger partial charge >= 0.3 is 0 Å². The molecule has 1 aromatic rings. The van der Waals surface area contributed by atoms with Crippen LogP contribution < -0.4 is 5.73 Å². The molecule has 0 saturated carbocycles. The molecule has 1 rings (SSSR count). The average molecular weight is 205 g/mol. The van der Waals surface area contributed by atoms with E-state index in [0.29, 0.717) is 0 Å². The maximum Gasteiger partial charge on any atom is 0.0166 e. The largest absolute Gasteiger partial charge is 0.325 e. The minimum absolute atomic E-state index is 0.0451. The van der Waals surface area contributed by atoms with E-state index in [1.54, 1.807) is 0 Å². The highest BCUT2D eigenvalue weighted by atomic mass is 14.7. The molecule has 1 heteroatoms. The highest BCUT2D eigenvalue weighted by Gasteiger charge is 2.17. The monoisotopic (exact) mass is 205 g/mol. The van der Waals surface area contributed by atoms with Gasteiger partial charge in [0.25, 0.3) is 0 Å². The van der Waals surface area contributed by atoms with Crippen LogP contribution in [-0.2, 0) is 6.42 Å². The van der Waals surface area contributed by atoms with Crippen molar-refractivity contribution in [3.05, 3.63) is 35.9 Å². The zero-order valence-electron chi connectivity index (χ0n) is 10.00. The molecule has 0 aliphatic rings. The molecular weight excluding hydrogens is 182 g/mol. The first-order valence-corrected chi connectivity index (χ1v) is 5.97. The molecule has 0 aromatic heterocycles. The second kappa shape index (κ2) is 5.92. The van der Waals surface area contributed by atoms with Gasteiger partial charge in [0.15, 0.2) is 0 Å². The third kappa shape index (κ3) is 4.98. The predicted octanol–water partition coefficient (Wildman–Crippen LogP) is 3.53. The van der Waals surface area contributed by atoms with Gasteiger partial charge in [-0.25, -0.2) is 0 Å². The Balaban J connectivity index is 2.42. The lowest BCUT2D eigenvalue weighted by Crippen LogP contribution is -2.38. The van der Waals surface area contributed by atoms with Crippen LogP contribution in [0.2, 0.25) is 0 Å². The van der Waals surface area contributed by atoms with Gasteiger partial charge in [-0.1, -0.05) is 56.5 Å². The van der Waals surface area contributed by atoms with Crippen molar-refractivity contribution in [3.8, 4) is 0 Å². The Morgan fingerprint density at radius 1 is 1.13 bits per heavy atom. The quantitative estimate of drug-likeness (QED) is 0.706. The summed E-state index contributed by atoms with van der Waals surface area (Å²) in [6.45, 7) is 4.39. The summed E-state index contributed by atoms with van der Waals surface area (Å²) in [5.74, 6) is 0. The molecule has 1 nitrogen and oxygen atoms in total. The van der Waals surface area contributed by atoms with E-state index >= 15 is 0 Å². The number of hydrogen-bond acceptors (Lipinski definition) is 1. The molecule has 1 unspecified atom stereocenters. The van der Waals surface area contributed by atoms with Crippen LogP contribution in [0.1, 0.15) is 45.1 Å². The number of rotatable bonds is 6. The molecule has 0 fully saturated rings. The second-order valence-corrected chi connectivity index (χ2v) is 4.77. The Bertz CT molecular complexity index is 264. The molecule has 0 radical (unpaired) electrons. The van der Waals surface area contributed by atoms with Gasteiger partial charge in [-0.3, -0.25) is 0 Å². The van der Waals surface area contributed by atoms with Gasteiger partial charge in [-0.15, -0.1) is 0 Å². The van der Waals surface area contributed by atoms with Crippen molar-refractivity contribution in [2.45, 2.75) is 51.5 Å². The summed E-state index contributed by atoms with van der Waals surface area (Å²) in [6.07, 6.45) is 5.91. The number of unbranched alkanes of at least 4 members (excludes halogenated alkanes) is 2. The van der Waals surface area contributed by atoms with Crippen molar-refractivity contribution in [2.24, 2.45) is 5.73 Å². The van der Waals surface area contributed by atoms with Crippen molar-refractivity contribution in [2.75, 3.05) is 0 Å². The molecule has 0 aliphatic heterocycles. The summed E-state index contributed by atoms with van der Waals surface area (Å²) in [4.78, 5) is 0. The van der Waals surface area contributed by atoms with E-state index in [1.807, 2.05) is 0 Å². The lowest BCUT2D eigenvalue weighted by Gasteiger charge is -2.24. The number of nitrogens with two attached hydrogens (primary N) is 1. The van der Waals surface area contributed by atoms with E-state index < -0.39 is 0 Å². The van der Waals surface area contributed by atoms with Crippen LogP contribution in [0.25, 0.3) is 0 Å². The molecule has 0 amide bonds. The topological polar surface area (TPSA) is 26.0 Å². The Hall–Kier alpha value is -0.820. The van der Waals surface area contributed by atoms with Gasteiger partial charge in [0.1, 0.15) is 0 Å². The molecule has 1 aromatic carbocycles. The van der Waals surface area contributed by atoms with Crippen LogP contribution in [0.15, 0.2) is 30.3 Å². The van der Waals surface area contributed by atoms with Crippen LogP contribution in [0.4, 0.5) is 0 Å². The van der Waals surface area contributed by atoms with Crippen molar-refractivity contribution in [3.63, 3.8) is 0 Å². The van der Waals surface area contributed by atoms with Crippen LogP contribution in [0.3, 0.4) is 0 Å².